The first kappa shape index (κ1) is 19.1. The van der Waals surface area contributed by atoms with Gasteiger partial charge >= 0.3 is 0 Å². The number of aryl methyl sites for hydroxylation is 2. The topological polar surface area (TPSA) is 84.1 Å². The zero-order chi connectivity index (χ0) is 20.4. The number of aliphatic imine (C=N–C) groups is 1. The number of carbonyl (C=O) groups excluding carboxylic acids is 1. The van der Waals surface area contributed by atoms with E-state index in [2.05, 4.69) is 25.3 Å². The molecule has 0 unspecified atom stereocenters. The van der Waals surface area contributed by atoms with Crippen LogP contribution in [0.5, 0.6) is 0 Å². The summed E-state index contributed by atoms with van der Waals surface area (Å²) in [4.78, 5) is 23.1. The highest BCUT2D eigenvalue weighted by Gasteiger charge is 2.15. The third-order valence-electron chi connectivity index (χ3n) is 4.99. The first-order chi connectivity index (χ1) is 14.1. The minimum Gasteiger partial charge on any atom is -0.378 e. The third-order valence-corrected chi connectivity index (χ3v) is 4.99. The summed E-state index contributed by atoms with van der Waals surface area (Å²) in [7, 11) is 1.79. The molecule has 2 aromatic heterocycles. The van der Waals surface area contributed by atoms with Gasteiger partial charge in [-0.2, -0.15) is 5.10 Å². The van der Waals surface area contributed by atoms with Gasteiger partial charge in [-0.05, 0) is 38.1 Å². The monoisotopic (exact) mass is 392 g/mol. The van der Waals surface area contributed by atoms with Crippen LogP contribution in [0.3, 0.4) is 0 Å². The van der Waals surface area contributed by atoms with Crippen molar-refractivity contribution in [1.82, 2.24) is 19.9 Å². The highest BCUT2D eigenvalue weighted by atomic mass is 16.5. The maximum Gasteiger partial charge on any atom is 0.154 e. The van der Waals surface area contributed by atoms with Crippen molar-refractivity contribution in [3.8, 4) is 0 Å². The molecule has 0 saturated carbocycles. The molecule has 3 aromatic rings. The number of aromatic nitrogens is 3. The van der Waals surface area contributed by atoms with E-state index in [1.54, 1.807) is 7.05 Å². The Morgan fingerprint density at radius 2 is 2.03 bits per heavy atom. The third kappa shape index (κ3) is 3.84. The van der Waals surface area contributed by atoms with Crippen molar-refractivity contribution < 1.29 is 9.53 Å². The highest BCUT2D eigenvalue weighted by Crippen LogP contribution is 2.26. The van der Waals surface area contributed by atoms with Crippen LogP contribution in [0.4, 0.5) is 11.4 Å². The zero-order valence-corrected chi connectivity index (χ0v) is 16.8. The van der Waals surface area contributed by atoms with E-state index in [9.17, 15) is 4.79 Å². The molecular weight excluding hydrogens is 368 g/mol. The number of nitrogens with one attached hydrogen (secondary N) is 1. The maximum absolute atomic E-state index is 11.7. The van der Waals surface area contributed by atoms with Gasteiger partial charge < -0.3 is 15.0 Å². The minimum absolute atomic E-state index is 0.541. The predicted molar refractivity (Wildman–Crippen MR) is 113 cm³/mol. The highest BCUT2D eigenvalue weighted by molar-refractivity contribution is 6.01. The second-order valence-electron chi connectivity index (χ2n) is 7.00. The Kier molecular flexibility index (Phi) is 5.26. The summed E-state index contributed by atoms with van der Waals surface area (Å²) < 4.78 is 7.21. The van der Waals surface area contributed by atoms with Crippen molar-refractivity contribution in [3.63, 3.8) is 0 Å². The SMILES string of the molecule is CN/C(=N\c1ccc(N2CCOCC2)cc1C=O)c1cc2c(C)nc(C)cn2n1. The van der Waals surface area contributed by atoms with E-state index in [1.807, 2.05) is 48.8 Å². The number of hydrogen-bond acceptors (Lipinski definition) is 6. The van der Waals surface area contributed by atoms with Crippen LogP contribution in [-0.2, 0) is 4.74 Å². The second-order valence-corrected chi connectivity index (χ2v) is 7.00. The van der Waals surface area contributed by atoms with Gasteiger partial charge in [0.25, 0.3) is 0 Å². The summed E-state index contributed by atoms with van der Waals surface area (Å²) in [6.07, 6.45) is 2.73. The van der Waals surface area contributed by atoms with Crippen LogP contribution in [0.1, 0.15) is 27.4 Å². The Labute approximate surface area is 169 Å². The molecule has 0 bridgehead atoms. The molecule has 29 heavy (non-hydrogen) atoms. The van der Waals surface area contributed by atoms with Gasteiger partial charge in [-0.1, -0.05) is 0 Å². The lowest BCUT2D eigenvalue weighted by Gasteiger charge is -2.29. The fraction of sp³-hybridized carbons (Fsp3) is 0.333. The van der Waals surface area contributed by atoms with E-state index in [0.29, 0.717) is 36.0 Å². The lowest BCUT2D eigenvalue weighted by atomic mass is 10.1. The van der Waals surface area contributed by atoms with Crippen molar-refractivity contribution in [2.24, 2.45) is 4.99 Å². The van der Waals surface area contributed by atoms with E-state index >= 15 is 0 Å². The number of ether oxygens (including phenoxy) is 1. The number of anilines is 1. The summed E-state index contributed by atoms with van der Waals surface area (Å²) in [5, 5.41) is 7.72. The largest absolute Gasteiger partial charge is 0.378 e. The molecule has 1 aromatic carbocycles. The normalized spacial score (nSPS) is 15.0. The van der Waals surface area contributed by atoms with Gasteiger partial charge in [0.2, 0.25) is 0 Å². The molecule has 0 aliphatic carbocycles. The molecule has 0 atom stereocenters. The number of benzene rings is 1. The summed E-state index contributed by atoms with van der Waals surface area (Å²) in [6, 6.07) is 7.69. The van der Waals surface area contributed by atoms with Crippen LogP contribution in [0.25, 0.3) is 5.52 Å². The molecule has 0 spiro atoms. The average molecular weight is 392 g/mol. The molecule has 150 valence electrons. The molecule has 3 heterocycles. The molecule has 0 amide bonds. The van der Waals surface area contributed by atoms with Gasteiger partial charge in [0.05, 0.1) is 42.0 Å². The van der Waals surface area contributed by atoms with E-state index in [-0.39, 0.29) is 0 Å². The number of nitrogens with zero attached hydrogens (tertiary/aromatic N) is 5. The fourth-order valence-electron chi connectivity index (χ4n) is 3.52. The summed E-state index contributed by atoms with van der Waals surface area (Å²) in [6.45, 7) is 6.92. The number of fused-ring (bicyclic) bond motifs is 1. The molecule has 1 N–H and O–H groups in total. The van der Waals surface area contributed by atoms with Crippen molar-refractivity contribution in [3.05, 3.63) is 53.1 Å². The molecule has 1 aliphatic heterocycles. The standard InChI is InChI=1S/C21H24N6O2/c1-14-12-27-20(15(2)23-14)11-19(25-27)21(22-3)24-18-5-4-17(10-16(18)13-28)26-6-8-29-9-7-26/h4-5,10-13H,6-9H2,1-3H3,(H,22,24). The average Bonchev–Trinajstić information content (AvgIpc) is 3.16. The number of amidine groups is 1. The maximum atomic E-state index is 11.7. The van der Waals surface area contributed by atoms with Crippen molar-refractivity contribution >= 4 is 29.0 Å². The van der Waals surface area contributed by atoms with Crippen molar-refractivity contribution in [1.29, 1.82) is 0 Å². The molecule has 8 heteroatoms. The Hall–Kier alpha value is -3.26. The predicted octanol–water partition coefficient (Wildman–Crippen LogP) is 2.29. The Morgan fingerprint density at radius 1 is 1.24 bits per heavy atom. The van der Waals surface area contributed by atoms with Crippen LogP contribution >= 0.6 is 0 Å². The van der Waals surface area contributed by atoms with Crippen molar-refractivity contribution in [2.75, 3.05) is 38.3 Å². The van der Waals surface area contributed by atoms with E-state index in [0.717, 1.165) is 42.0 Å². The lowest BCUT2D eigenvalue weighted by Crippen LogP contribution is -2.36. The number of carbonyl (C=O) groups is 1. The van der Waals surface area contributed by atoms with Gasteiger partial charge in [-0.25, -0.2) is 9.51 Å². The van der Waals surface area contributed by atoms with Gasteiger partial charge in [0, 0.05) is 31.4 Å². The van der Waals surface area contributed by atoms with Gasteiger partial charge in [0.15, 0.2) is 12.1 Å². The Balaban J connectivity index is 1.71. The van der Waals surface area contributed by atoms with Crippen LogP contribution in [0.2, 0.25) is 0 Å². The van der Waals surface area contributed by atoms with E-state index in [1.165, 1.54) is 0 Å². The molecule has 1 saturated heterocycles. The molecule has 1 aliphatic rings. The van der Waals surface area contributed by atoms with Crippen LogP contribution in [-0.4, -0.2) is 60.1 Å². The first-order valence-corrected chi connectivity index (χ1v) is 9.61. The quantitative estimate of drug-likeness (QED) is 0.417. The number of rotatable bonds is 4. The van der Waals surface area contributed by atoms with Gasteiger partial charge in [0.1, 0.15) is 5.69 Å². The van der Waals surface area contributed by atoms with Gasteiger partial charge in [-0.3, -0.25) is 9.78 Å². The van der Waals surface area contributed by atoms with Crippen LogP contribution in [0, 0.1) is 13.8 Å². The molecular formula is C21H24N6O2. The number of hydrogen-bond donors (Lipinski definition) is 1. The van der Waals surface area contributed by atoms with E-state index in [4.69, 9.17) is 4.74 Å². The zero-order valence-electron chi connectivity index (χ0n) is 16.8. The Bertz CT molecular complexity index is 1080. The lowest BCUT2D eigenvalue weighted by molar-refractivity contribution is 0.112. The number of morpholine rings is 1. The molecule has 8 nitrogen and oxygen atoms in total. The van der Waals surface area contributed by atoms with Crippen molar-refractivity contribution in [2.45, 2.75) is 13.8 Å². The first-order valence-electron chi connectivity index (χ1n) is 9.61. The summed E-state index contributed by atoms with van der Waals surface area (Å²) >= 11 is 0. The molecule has 1 fully saturated rings. The van der Waals surface area contributed by atoms with Crippen LogP contribution in [0.15, 0.2) is 35.5 Å². The summed E-state index contributed by atoms with van der Waals surface area (Å²) in [5.74, 6) is 0.591. The second kappa shape index (κ2) is 8.00. The molecule has 4 rings (SSSR count). The van der Waals surface area contributed by atoms with Gasteiger partial charge in [-0.15, -0.1) is 0 Å². The molecule has 0 radical (unpaired) electrons. The van der Waals surface area contributed by atoms with E-state index < -0.39 is 0 Å². The van der Waals surface area contributed by atoms with Crippen LogP contribution < -0.4 is 10.2 Å². The smallest absolute Gasteiger partial charge is 0.154 e. The minimum atomic E-state index is 0.541. The summed E-state index contributed by atoms with van der Waals surface area (Å²) in [5.41, 5.74) is 5.56. The fourth-order valence-corrected chi connectivity index (χ4v) is 3.52. The number of aldehydes is 1. The Morgan fingerprint density at radius 3 is 2.76 bits per heavy atom.